The lowest BCUT2D eigenvalue weighted by Gasteiger charge is -2.14. The van der Waals surface area contributed by atoms with Gasteiger partial charge in [-0.1, -0.05) is 0 Å². The van der Waals surface area contributed by atoms with E-state index in [9.17, 15) is 22.0 Å². The molecular weight excluding hydrogens is 386 g/mol. The lowest BCUT2D eigenvalue weighted by atomic mass is 10.1. The van der Waals surface area contributed by atoms with Crippen LogP contribution in [0, 0.1) is 11.6 Å². The van der Waals surface area contributed by atoms with Crippen LogP contribution in [0.1, 0.15) is 10.4 Å². The zero-order chi connectivity index (χ0) is 20.2. The van der Waals surface area contributed by atoms with Gasteiger partial charge in [0, 0.05) is 11.6 Å². The first-order valence-electron chi connectivity index (χ1n) is 7.30. The van der Waals surface area contributed by atoms with Crippen molar-refractivity contribution in [1.29, 1.82) is 0 Å². The van der Waals surface area contributed by atoms with E-state index in [4.69, 9.17) is 14.2 Å². The summed E-state index contributed by atoms with van der Waals surface area (Å²) in [6.45, 7) is 0. The Balaban J connectivity index is 2.25. The van der Waals surface area contributed by atoms with E-state index < -0.39 is 32.5 Å². The fourth-order valence-electron chi connectivity index (χ4n) is 2.15. The number of nitrogens with one attached hydrogen (secondary N) is 2. The molecule has 2 aromatic rings. The van der Waals surface area contributed by atoms with Crippen LogP contribution in [0.15, 0.2) is 35.2 Å². The van der Waals surface area contributed by atoms with Gasteiger partial charge in [0.1, 0.15) is 16.5 Å². The highest BCUT2D eigenvalue weighted by atomic mass is 32.2. The summed E-state index contributed by atoms with van der Waals surface area (Å²) in [5, 5.41) is 0. The number of methoxy groups -OCH3 is 3. The fraction of sp³-hybridized carbons (Fsp3) is 0.188. The average Bonchev–Trinajstić information content (AvgIpc) is 2.64. The molecule has 0 radical (unpaired) electrons. The second-order valence-corrected chi connectivity index (χ2v) is 6.70. The molecule has 0 bridgehead atoms. The third-order valence-electron chi connectivity index (χ3n) is 3.41. The molecule has 0 unspecified atom stereocenters. The van der Waals surface area contributed by atoms with Crippen molar-refractivity contribution < 1.29 is 36.2 Å². The average molecular weight is 402 g/mol. The zero-order valence-corrected chi connectivity index (χ0v) is 15.3. The van der Waals surface area contributed by atoms with E-state index in [0.717, 1.165) is 12.1 Å². The molecule has 2 rings (SSSR count). The van der Waals surface area contributed by atoms with E-state index in [1.165, 1.54) is 33.5 Å². The van der Waals surface area contributed by atoms with Gasteiger partial charge in [0.25, 0.3) is 15.9 Å². The van der Waals surface area contributed by atoms with Crippen molar-refractivity contribution in [2.45, 2.75) is 4.90 Å². The first-order valence-corrected chi connectivity index (χ1v) is 8.79. The SMILES string of the molecule is COc1cc(C(=O)NNS(=O)(=O)c2ccc(F)cc2F)cc(OC)c1OC. The van der Waals surface area contributed by atoms with Crippen LogP contribution in [-0.2, 0) is 10.0 Å². The van der Waals surface area contributed by atoms with E-state index >= 15 is 0 Å². The fourth-order valence-corrected chi connectivity index (χ4v) is 3.05. The van der Waals surface area contributed by atoms with Crippen LogP contribution >= 0.6 is 0 Å². The molecule has 0 aliphatic heterocycles. The molecule has 0 saturated heterocycles. The lowest BCUT2D eigenvalue weighted by molar-refractivity contribution is 0.0944. The molecule has 0 saturated carbocycles. The van der Waals surface area contributed by atoms with Crippen LogP contribution < -0.4 is 24.5 Å². The van der Waals surface area contributed by atoms with Gasteiger partial charge in [0.05, 0.1) is 21.3 Å². The maximum absolute atomic E-state index is 13.7. The molecule has 2 N–H and O–H groups in total. The van der Waals surface area contributed by atoms with Gasteiger partial charge in [-0.15, -0.1) is 4.83 Å². The zero-order valence-electron chi connectivity index (χ0n) is 14.5. The largest absolute Gasteiger partial charge is 0.493 e. The number of carbonyl (C=O) groups is 1. The minimum atomic E-state index is -4.47. The minimum Gasteiger partial charge on any atom is -0.493 e. The monoisotopic (exact) mass is 402 g/mol. The third kappa shape index (κ3) is 4.44. The van der Waals surface area contributed by atoms with E-state index in [1.54, 1.807) is 4.83 Å². The van der Waals surface area contributed by atoms with Crippen LogP contribution in [0.25, 0.3) is 0 Å². The molecule has 0 aromatic heterocycles. The van der Waals surface area contributed by atoms with Crippen molar-refractivity contribution in [3.8, 4) is 17.2 Å². The molecule has 8 nitrogen and oxygen atoms in total. The second kappa shape index (κ2) is 8.18. The van der Waals surface area contributed by atoms with Crippen LogP contribution in [0.5, 0.6) is 17.2 Å². The topological polar surface area (TPSA) is 103 Å². The van der Waals surface area contributed by atoms with Gasteiger partial charge >= 0.3 is 0 Å². The van der Waals surface area contributed by atoms with Crippen molar-refractivity contribution in [3.05, 3.63) is 47.5 Å². The molecule has 0 heterocycles. The van der Waals surface area contributed by atoms with Crippen LogP contribution in [0.3, 0.4) is 0 Å². The molecule has 0 fully saturated rings. The molecule has 0 aliphatic rings. The van der Waals surface area contributed by atoms with E-state index in [-0.39, 0.29) is 22.8 Å². The Kier molecular flexibility index (Phi) is 6.18. The molecule has 146 valence electrons. The molecule has 2 aromatic carbocycles. The van der Waals surface area contributed by atoms with E-state index in [1.807, 2.05) is 5.43 Å². The Morgan fingerprint density at radius 2 is 1.56 bits per heavy atom. The van der Waals surface area contributed by atoms with Crippen LogP contribution in [0.2, 0.25) is 0 Å². The van der Waals surface area contributed by atoms with Gasteiger partial charge in [0.2, 0.25) is 5.75 Å². The van der Waals surface area contributed by atoms with Crippen molar-refractivity contribution >= 4 is 15.9 Å². The van der Waals surface area contributed by atoms with Crippen molar-refractivity contribution in [1.82, 2.24) is 10.3 Å². The first kappa shape index (κ1) is 20.4. The minimum absolute atomic E-state index is 0.0215. The number of carbonyl (C=O) groups excluding carboxylic acids is 1. The summed E-state index contributed by atoms with van der Waals surface area (Å²) in [4.78, 5) is 13.2. The van der Waals surface area contributed by atoms with E-state index in [2.05, 4.69) is 0 Å². The van der Waals surface area contributed by atoms with Crippen molar-refractivity contribution in [3.63, 3.8) is 0 Å². The summed E-state index contributed by atoms with van der Waals surface area (Å²) in [5.41, 5.74) is 1.91. The Morgan fingerprint density at radius 1 is 0.963 bits per heavy atom. The first-order chi connectivity index (χ1) is 12.7. The Morgan fingerprint density at radius 3 is 2.04 bits per heavy atom. The Bertz CT molecular complexity index is 940. The number of hydrogen-bond donors (Lipinski definition) is 2. The number of halogens is 2. The highest BCUT2D eigenvalue weighted by molar-refractivity contribution is 7.89. The summed E-state index contributed by atoms with van der Waals surface area (Å²) < 4.78 is 66.1. The smallest absolute Gasteiger partial charge is 0.266 e. The van der Waals surface area contributed by atoms with Gasteiger partial charge < -0.3 is 14.2 Å². The number of amides is 1. The van der Waals surface area contributed by atoms with Crippen LogP contribution in [0.4, 0.5) is 8.78 Å². The summed E-state index contributed by atoms with van der Waals surface area (Å²) in [5.74, 6) is -2.52. The number of hydrogen-bond acceptors (Lipinski definition) is 6. The van der Waals surface area contributed by atoms with Gasteiger partial charge in [-0.2, -0.15) is 0 Å². The number of rotatable bonds is 7. The molecular formula is C16H16F2N2O6S. The molecule has 27 heavy (non-hydrogen) atoms. The summed E-state index contributed by atoms with van der Waals surface area (Å²) >= 11 is 0. The van der Waals surface area contributed by atoms with Gasteiger partial charge in [0.15, 0.2) is 11.5 Å². The molecule has 0 atom stereocenters. The van der Waals surface area contributed by atoms with Gasteiger partial charge in [-0.05, 0) is 24.3 Å². The summed E-state index contributed by atoms with van der Waals surface area (Å²) in [6.07, 6.45) is 0. The predicted octanol–water partition coefficient (Wildman–Crippen LogP) is 1.61. The summed E-state index contributed by atoms with van der Waals surface area (Å²) in [7, 11) is -0.393. The standard InChI is InChI=1S/C16H16F2N2O6S/c1-24-12-6-9(7-13(25-2)15(12)26-3)16(21)19-20-27(22,23)14-5-4-10(17)8-11(14)18/h4-8,20H,1-3H3,(H,19,21). The number of ether oxygens (including phenoxy) is 3. The lowest BCUT2D eigenvalue weighted by Crippen LogP contribution is -2.41. The highest BCUT2D eigenvalue weighted by Gasteiger charge is 2.22. The maximum Gasteiger partial charge on any atom is 0.266 e. The molecule has 0 aliphatic carbocycles. The molecule has 0 spiro atoms. The van der Waals surface area contributed by atoms with Gasteiger partial charge in [-0.3, -0.25) is 10.2 Å². The third-order valence-corrected chi connectivity index (χ3v) is 4.69. The van der Waals surface area contributed by atoms with Crippen molar-refractivity contribution in [2.24, 2.45) is 0 Å². The number of benzene rings is 2. The number of hydrazine groups is 1. The predicted molar refractivity (Wildman–Crippen MR) is 90.2 cm³/mol. The number of sulfonamides is 1. The summed E-state index contributed by atoms with van der Waals surface area (Å²) in [6, 6.07) is 4.51. The maximum atomic E-state index is 13.7. The van der Waals surface area contributed by atoms with E-state index in [0.29, 0.717) is 6.07 Å². The molecule has 11 heteroatoms. The Hall–Kier alpha value is -2.92. The van der Waals surface area contributed by atoms with Crippen molar-refractivity contribution in [2.75, 3.05) is 21.3 Å². The molecule has 1 amide bonds. The normalized spacial score (nSPS) is 11.0. The van der Waals surface area contributed by atoms with Gasteiger partial charge in [-0.25, -0.2) is 17.2 Å². The Labute approximate surface area is 154 Å². The second-order valence-electron chi connectivity index (χ2n) is 5.05. The highest BCUT2D eigenvalue weighted by Crippen LogP contribution is 2.38. The quantitative estimate of drug-likeness (QED) is 0.683. The van der Waals surface area contributed by atoms with Crippen LogP contribution in [-0.4, -0.2) is 35.7 Å².